The minimum atomic E-state index is 0.630. The van der Waals surface area contributed by atoms with Gasteiger partial charge in [-0.25, -0.2) is 4.98 Å². The molecule has 0 atom stereocenters. The monoisotopic (exact) mass is 215 g/mol. The number of aromatic nitrogens is 2. The largest absolute Gasteiger partial charge is 0.481 e. The number of methoxy groups -OCH3 is 1. The Morgan fingerprint density at radius 3 is 2.81 bits per heavy atom. The van der Waals surface area contributed by atoms with Gasteiger partial charge in [0.05, 0.1) is 12.8 Å². The Bertz CT molecular complexity index is 428. The molecule has 2 aromatic rings. The van der Waals surface area contributed by atoms with Crippen molar-refractivity contribution in [2.75, 3.05) is 12.4 Å². The van der Waals surface area contributed by atoms with Gasteiger partial charge in [-0.15, -0.1) is 0 Å². The van der Waals surface area contributed by atoms with E-state index >= 15 is 0 Å². The third-order valence-corrected chi connectivity index (χ3v) is 2.16. The van der Waals surface area contributed by atoms with Crippen LogP contribution in [0.3, 0.4) is 0 Å². The van der Waals surface area contributed by atoms with Gasteiger partial charge in [-0.1, -0.05) is 6.07 Å². The summed E-state index contributed by atoms with van der Waals surface area (Å²) in [5, 5.41) is 3.26. The van der Waals surface area contributed by atoms with Crippen LogP contribution in [0.25, 0.3) is 0 Å². The second-order valence-electron chi connectivity index (χ2n) is 3.30. The Hall–Kier alpha value is -2.10. The van der Waals surface area contributed by atoms with Crippen LogP contribution in [0.5, 0.6) is 5.88 Å². The summed E-state index contributed by atoms with van der Waals surface area (Å²) in [6.45, 7) is 0.725. The topological polar surface area (TPSA) is 47.0 Å². The molecule has 0 aliphatic carbocycles. The van der Waals surface area contributed by atoms with Crippen molar-refractivity contribution in [3.8, 4) is 5.88 Å². The molecule has 2 heterocycles. The summed E-state index contributed by atoms with van der Waals surface area (Å²) < 4.78 is 4.99. The number of nitrogens with one attached hydrogen (secondary N) is 1. The van der Waals surface area contributed by atoms with E-state index in [4.69, 9.17) is 4.74 Å². The molecule has 0 saturated carbocycles. The molecule has 16 heavy (non-hydrogen) atoms. The number of pyridine rings is 2. The summed E-state index contributed by atoms with van der Waals surface area (Å²) in [5.74, 6) is 0.630. The molecule has 2 aromatic heterocycles. The molecule has 0 bridgehead atoms. The van der Waals surface area contributed by atoms with Crippen molar-refractivity contribution >= 4 is 5.69 Å². The van der Waals surface area contributed by atoms with Crippen molar-refractivity contribution in [3.63, 3.8) is 0 Å². The van der Waals surface area contributed by atoms with Gasteiger partial charge in [-0.2, -0.15) is 0 Å². The highest BCUT2D eigenvalue weighted by Crippen LogP contribution is 2.09. The molecule has 0 amide bonds. The van der Waals surface area contributed by atoms with Crippen molar-refractivity contribution in [1.82, 2.24) is 9.97 Å². The molecule has 0 fully saturated rings. The highest BCUT2D eigenvalue weighted by atomic mass is 16.5. The molecular formula is C12H13N3O. The number of hydrogen-bond acceptors (Lipinski definition) is 4. The van der Waals surface area contributed by atoms with E-state index in [0.29, 0.717) is 5.88 Å². The van der Waals surface area contributed by atoms with Gasteiger partial charge in [0, 0.05) is 31.2 Å². The molecule has 4 nitrogen and oxygen atoms in total. The van der Waals surface area contributed by atoms with Gasteiger partial charge < -0.3 is 10.1 Å². The minimum Gasteiger partial charge on any atom is -0.481 e. The van der Waals surface area contributed by atoms with Crippen molar-refractivity contribution < 1.29 is 4.74 Å². The Balaban J connectivity index is 1.94. The van der Waals surface area contributed by atoms with Gasteiger partial charge in [0.15, 0.2) is 0 Å². The fourth-order valence-electron chi connectivity index (χ4n) is 1.31. The maximum absolute atomic E-state index is 4.99. The van der Waals surface area contributed by atoms with E-state index in [2.05, 4.69) is 15.3 Å². The quantitative estimate of drug-likeness (QED) is 0.848. The highest BCUT2D eigenvalue weighted by Gasteiger charge is 1.95. The lowest BCUT2D eigenvalue weighted by molar-refractivity contribution is 0.397. The summed E-state index contributed by atoms with van der Waals surface area (Å²) in [4.78, 5) is 8.16. The van der Waals surface area contributed by atoms with Crippen LogP contribution in [-0.4, -0.2) is 17.1 Å². The summed E-state index contributed by atoms with van der Waals surface area (Å²) in [7, 11) is 1.61. The second-order valence-corrected chi connectivity index (χ2v) is 3.30. The SMILES string of the molecule is COc1ccc(CNc2cccnc2)cn1. The van der Waals surface area contributed by atoms with Crippen LogP contribution in [0, 0.1) is 0 Å². The lowest BCUT2D eigenvalue weighted by Gasteiger charge is -2.05. The Morgan fingerprint density at radius 2 is 2.19 bits per heavy atom. The first-order valence-electron chi connectivity index (χ1n) is 5.01. The Labute approximate surface area is 94.3 Å². The second kappa shape index (κ2) is 5.11. The molecule has 82 valence electrons. The number of rotatable bonds is 4. The van der Waals surface area contributed by atoms with Gasteiger partial charge in [-0.05, 0) is 17.7 Å². The molecule has 0 aliphatic rings. The first-order chi connectivity index (χ1) is 7.88. The zero-order valence-corrected chi connectivity index (χ0v) is 9.05. The van der Waals surface area contributed by atoms with Gasteiger partial charge >= 0.3 is 0 Å². The van der Waals surface area contributed by atoms with Gasteiger partial charge in [0.2, 0.25) is 5.88 Å². The van der Waals surface area contributed by atoms with E-state index in [1.165, 1.54) is 0 Å². The van der Waals surface area contributed by atoms with E-state index in [0.717, 1.165) is 17.8 Å². The molecule has 0 saturated heterocycles. The molecular weight excluding hydrogens is 202 g/mol. The predicted molar refractivity (Wildman–Crippen MR) is 62.4 cm³/mol. The molecule has 0 unspecified atom stereocenters. The van der Waals surface area contributed by atoms with Crippen LogP contribution < -0.4 is 10.1 Å². The zero-order chi connectivity index (χ0) is 11.2. The van der Waals surface area contributed by atoms with E-state index in [-0.39, 0.29) is 0 Å². The van der Waals surface area contributed by atoms with Crippen LogP contribution >= 0.6 is 0 Å². The maximum atomic E-state index is 4.99. The van der Waals surface area contributed by atoms with Crippen LogP contribution in [-0.2, 0) is 6.54 Å². The Morgan fingerprint density at radius 1 is 1.25 bits per heavy atom. The van der Waals surface area contributed by atoms with Gasteiger partial charge in [-0.3, -0.25) is 4.98 Å². The normalized spacial score (nSPS) is 9.81. The first kappa shape index (κ1) is 10.4. The predicted octanol–water partition coefficient (Wildman–Crippen LogP) is 2.10. The standard InChI is InChI=1S/C12H13N3O/c1-16-12-5-4-10(8-15-12)7-14-11-3-2-6-13-9-11/h2-6,8-9,14H,7H2,1H3. The minimum absolute atomic E-state index is 0.630. The summed E-state index contributed by atoms with van der Waals surface area (Å²) in [6.07, 6.45) is 5.33. The third-order valence-electron chi connectivity index (χ3n) is 2.16. The molecule has 2 rings (SSSR count). The number of nitrogens with zero attached hydrogens (tertiary/aromatic N) is 2. The average molecular weight is 215 g/mol. The van der Waals surface area contributed by atoms with Crippen LogP contribution in [0.4, 0.5) is 5.69 Å². The van der Waals surface area contributed by atoms with E-state index in [9.17, 15) is 0 Å². The van der Waals surface area contributed by atoms with E-state index in [1.807, 2.05) is 24.3 Å². The number of hydrogen-bond donors (Lipinski definition) is 1. The fraction of sp³-hybridized carbons (Fsp3) is 0.167. The number of anilines is 1. The Kier molecular flexibility index (Phi) is 3.33. The first-order valence-corrected chi connectivity index (χ1v) is 5.01. The van der Waals surface area contributed by atoms with Gasteiger partial charge in [0.1, 0.15) is 0 Å². The van der Waals surface area contributed by atoms with Crippen LogP contribution in [0.15, 0.2) is 42.9 Å². The van der Waals surface area contributed by atoms with Gasteiger partial charge in [0.25, 0.3) is 0 Å². The lowest BCUT2D eigenvalue weighted by atomic mass is 10.3. The third kappa shape index (κ3) is 2.70. The van der Waals surface area contributed by atoms with Crippen molar-refractivity contribution in [1.29, 1.82) is 0 Å². The smallest absolute Gasteiger partial charge is 0.212 e. The number of ether oxygens (including phenoxy) is 1. The van der Waals surface area contributed by atoms with Crippen LogP contribution in [0.1, 0.15) is 5.56 Å². The zero-order valence-electron chi connectivity index (χ0n) is 9.05. The summed E-state index contributed by atoms with van der Waals surface area (Å²) >= 11 is 0. The van der Waals surface area contributed by atoms with Crippen molar-refractivity contribution in [2.24, 2.45) is 0 Å². The highest BCUT2D eigenvalue weighted by molar-refractivity contribution is 5.40. The molecule has 0 spiro atoms. The molecule has 1 N–H and O–H groups in total. The van der Waals surface area contributed by atoms with Crippen molar-refractivity contribution in [2.45, 2.75) is 6.54 Å². The van der Waals surface area contributed by atoms with E-state index in [1.54, 1.807) is 25.7 Å². The molecule has 0 aromatic carbocycles. The summed E-state index contributed by atoms with van der Waals surface area (Å²) in [5.41, 5.74) is 2.10. The van der Waals surface area contributed by atoms with Crippen LogP contribution in [0.2, 0.25) is 0 Å². The molecule has 0 radical (unpaired) electrons. The molecule has 4 heteroatoms. The van der Waals surface area contributed by atoms with E-state index < -0.39 is 0 Å². The summed E-state index contributed by atoms with van der Waals surface area (Å²) in [6, 6.07) is 7.70. The molecule has 0 aliphatic heterocycles. The maximum Gasteiger partial charge on any atom is 0.212 e. The lowest BCUT2D eigenvalue weighted by Crippen LogP contribution is -2.00. The fourth-order valence-corrected chi connectivity index (χ4v) is 1.31. The van der Waals surface area contributed by atoms with Crippen molar-refractivity contribution in [3.05, 3.63) is 48.4 Å². The average Bonchev–Trinajstić information content (AvgIpc) is 2.38.